The van der Waals surface area contributed by atoms with E-state index in [2.05, 4.69) is 25.1 Å². The molecule has 0 radical (unpaired) electrons. The lowest BCUT2D eigenvalue weighted by Crippen LogP contribution is -2.15. The molecular formula is C15H20O2. The minimum atomic E-state index is -0.245. The van der Waals surface area contributed by atoms with Crippen LogP contribution in [0.3, 0.4) is 0 Å². The molecule has 0 spiro atoms. The van der Waals surface area contributed by atoms with E-state index < -0.39 is 0 Å². The largest absolute Gasteiger partial charge is 0.461 e. The minimum Gasteiger partial charge on any atom is -0.461 e. The Morgan fingerprint density at radius 3 is 2.71 bits per heavy atom. The number of aliphatic hydroxyl groups excluding tert-OH is 1. The van der Waals surface area contributed by atoms with Gasteiger partial charge in [0.1, 0.15) is 11.3 Å². The first-order chi connectivity index (χ1) is 8.06. The van der Waals surface area contributed by atoms with Crippen LogP contribution in [0.5, 0.6) is 0 Å². The van der Waals surface area contributed by atoms with E-state index in [1.807, 2.05) is 19.9 Å². The second-order valence-corrected chi connectivity index (χ2v) is 5.10. The van der Waals surface area contributed by atoms with Gasteiger partial charge in [-0.3, -0.25) is 0 Å². The molecule has 1 unspecified atom stereocenters. The number of hydrogen-bond acceptors (Lipinski definition) is 2. The van der Waals surface area contributed by atoms with Crippen molar-refractivity contribution in [2.45, 2.75) is 39.7 Å². The van der Waals surface area contributed by atoms with Crippen LogP contribution < -0.4 is 0 Å². The lowest BCUT2D eigenvalue weighted by atomic mass is 10.0. The molecule has 2 heteroatoms. The van der Waals surface area contributed by atoms with Gasteiger partial charge in [0.15, 0.2) is 0 Å². The molecule has 0 aliphatic carbocycles. The first kappa shape index (κ1) is 12.2. The molecule has 1 N–H and O–H groups in total. The molecule has 0 saturated heterocycles. The Kier molecular flexibility index (Phi) is 3.53. The third-order valence-corrected chi connectivity index (χ3v) is 3.18. The molecule has 1 aromatic heterocycles. The Bertz CT molecular complexity index is 497. The normalized spacial score (nSPS) is 13.5. The van der Waals surface area contributed by atoms with Gasteiger partial charge in [0.25, 0.3) is 0 Å². The first-order valence-corrected chi connectivity index (χ1v) is 6.23. The topological polar surface area (TPSA) is 33.4 Å². The Labute approximate surface area is 102 Å². The minimum absolute atomic E-state index is 0.245. The highest BCUT2D eigenvalue weighted by Crippen LogP contribution is 2.22. The number of aliphatic hydroxyl groups is 1. The summed E-state index contributed by atoms with van der Waals surface area (Å²) < 4.78 is 5.74. The van der Waals surface area contributed by atoms with Gasteiger partial charge in [-0.15, -0.1) is 0 Å². The van der Waals surface area contributed by atoms with Gasteiger partial charge in [-0.2, -0.15) is 0 Å². The number of furan rings is 1. The average Bonchev–Trinajstić information content (AvgIpc) is 2.67. The molecule has 1 atom stereocenters. The van der Waals surface area contributed by atoms with Crippen molar-refractivity contribution < 1.29 is 9.52 Å². The molecule has 0 aliphatic rings. The number of hydrogen-bond donors (Lipinski definition) is 1. The van der Waals surface area contributed by atoms with Gasteiger partial charge in [0.2, 0.25) is 0 Å². The van der Waals surface area contributed by atoms with E-state index in [4.69, 9.17) is 4.42 Å². The maximum Gasteiger partial charge on any atom is 0.134 e. The fourth-order valence-corrected chi connectivity index (χ4v) is 1.96. The molecule has 2 rings (SSSR count). The molecule has 1 heterocycles. The van der Waals surface area contributed by atoms with Crippen molar-refractivity contribution in [1.29, 1.82) is 0 Å². The average molecular weight is 232 g/mol. The summed E-state index contributed by atoms with van der Waals surface area (Å²) in [4.78, 5) is 0. The third-order valence-electron chi connectivity index (χ3n) is 3.18. The van der Waals surface area contributed by atoms with Crippen LogP contribution in [0.25, 0.3) is 11.0 Å². The monoisotopic (exact) mass is 232 g/mol. The van der Waals surface area contributed by atoms with Crippen LogP contribution in [0.2, 0.25) is 0 Å². The molecule has 2 nitrogen and oxygen atoms in total. The summed E-state index contributed by atoms with van der Waals surface area (Å²) in [6.07, 6.45) is 1.31. The zero-order chi connectivity index (χ0) is 12.4. The summed E-state index contributed by atoms with van der Waals surface area (Å²) in [6, 6.07) is 8.27. The lowest BCUT2D eigenvalue weighted by Gasteiger charge is -2.12. The summed E-state index contributed by atoms with van der Waals surface area (Å²) in [5, 5.41) is 10.9. The number of aryl methyl sites for hydroxylation is 2. The highest BCUT2D eigenvalue weighted by atomic mass is 16.3. The highest BCUT2D eigenvalue weighted by Gasteiger charge is 2.11. The summed E-state index contributed by atoms with van der Waals surface area (Å²) in [7, 11) is 0. The van der Waals surface area contributed by atoms with Crippen molar-refractivity contribution in [3.05, 3.63) is 35.6 Å². The standard InChI is InChI=1S/C15H20O2/c1-10(2)14(16)6-5-13-9-12-8-11(3)4-7-15(12)17-13/h4,7-10,14,16H,5-6H2,1-3H3. The van der Waals surface area contributed by atoms with Crippen molar-refractivity contribution in [3.63, 3.8) is 0 Å². The van der Waals surface area contributed by atoms with Crippen LogP contribution >= 0.6 is 0 Å². The lowest BCUT2D eigenvalue weighted by molar-refractivity contribution is 0.115. The predicted octanol–water partition coefficient (Wildman–Crippen LogP) is 3.69. The SMILES string of the molecule is Cc1ccc2oc(CCC(O)C(C)C)cc2c1. The van der Waals surface area contributed by atoms with Gasteiger partial charge in [-0.1, -0.05) is 25.5 Å². The second kappa shape index (κ2) is 4.92. The van der Waals surface area contributed by atoms with Crippen molar-refractivity contribution in [1.82, 2.24) is 0 Å². The Morgan fingerprint density at radius 1 is 1.24 bits per heavy atom. The summed E-state index contributed by atoms with van der Waals surface area (Å²) in [5.41, 5.74) is 2.18. The van der Waals surface area contributed by atoms with Crippen LogP contribution in [-0.4, -0.2) is 11.2 Å². The van der Waals surface area contributed by atoms with Crippen molar-refractivity contribution in [2.24, 2.45) is 5.92 Å². The smallest absolute Gasteiger partial charge is 0.134 e. The Morgan fingerprint density at radius 2 is 2.00 bits per heavy atom. The fraction of sp³-hybridized carbons (Fsp3) is 0.467. The fourth-order valence-electron chi connectivity index (χ4n) is 1.96. The molecule has 0 fully saturated rings. The van der Waals surface area contributed by atoms with E-state index in [0.29, 0.717) is 5.92 Å². The molecule has 1 aromatic carbocycles. The maximum absolute atomic E-state index is 9.77. The van der Waals surface area contributed by atoms with E-state index in [1.165, 1.54) is 5.56 Å². The van der Waals surface area contributed by atoms with Crippen LogP contribution in [0.1, 0.15) is 31.6 Å². The summed E-state index contributed by atoms with van der Waals surface area (Å²) >= 11 is 0. The zero-order valence-electron chi connectivity index (χ0n) is 10.7. The molecule has 17 heavy (non-hydrogen) atoms. The number of fused-ring (bicyclic) bond motifs is 1. The van der Waals surface area contributed by atoms with Gasteiger partial charge < -0.3 is 9.52 Å². The van der Waals surface area contributed by atoms with E-state index in [9.17, 15) is 5.11 Å². The van der Waals surface area contributed by atoms with E-state index in [1.54, 1.807) is 0 Å². The molecule has 2 aromatic rings. The Hall–Kier alpha value is -1.28. The summed E-state index contributed by atoms with van der Waals surface area (Å²) in [5.74, 6) is 1.27. The van der Waals surface area contributed by atoms with Crippen LogP contribution in [0.15, 0.2) is 28.7 Å². The maximum atomic E-state index is 9.77. The van der Waals surface area contributed by atoms with E-state index in [-0.39, 0.29) is 6.10 Å². The van der Waals surface area contributed by atoms with Gasteiger partial charge in [-0.05, 0) is 37.5 Å². The predicted molar refractivity (Wildman–Crippen MR) is 70.1 cm³/mol. The zero-order valence-corrected chi connectivity index (χ0v) is 10.7. The molecule has 0 bridgehead atoms. The van der Waals surface area contributed by atoms with Gasteiger partial charge in [0.05, 0.1) is 6.10 Å². The van der Waals surface area contributed by atoms with Crippen LogP contribution in [0.4, 0.5) is 0 Å². The van der Waals surface area contributed by atoms with Crippen molar-refractivity contribution in [3.8, 4) is 0 Å². The van der Waals surface area contributed by atoms with Crippen molar-refractivity contribution >= 4 is 11.0 Å². The first-order valence-electron chi connectivity index (χ1n) is 6.23. The quantitative estimate of drug-likeness (QED) is 0.872. The van der Waals surface area contributed by atoms with E-state index >= 15 is 0 Å². The van der Waals surface area contributed by atoms with Gasteiger partial charge in [0, 0.05) is 11.8 Å². The van der Waals surface area contributed by atoms with Crippen LogP contribution in [0, 0.1) is 12.8 Å². The number of rotatable bonds is 4. The Balaban J connectivity index is 2.09. The third kappa shape index (κ3) is 2.89. The van der Waals surface area contributed by atoms with Crippen molar-refractivity contribution in [2.75, 3.05) is 0 Å². The highest BCUT2D eigenvalue weighted by molar-refractivity contribution is 5.78. The van der Waals surface area contributed by atoms with E-state index in [0.717, 1.165) is 29.6 Å². The molecular weight excluding hydrogens is 212 g/mol. The molecule has 0 saturated carbocycles. The molecule has 92 valence electrons. The second-order valence-electron chi connectivity index (χ2n) is 5.10. The van der Waals surface area contributed by atoms with Gasteiger partial charge >= 0.3 is 0 Å². The van der Waals surface area contributed by atoms with Crippen LogP contribution in [-0.2, 0) is 6.42 Å². The molecule has 0 aliphatic heterocycles. The number of benzene rings is 1. The van der Waals surface area contributed by atoms with Gasteiger partial charge in [-0.25, -0.2) is 0 Å². The molecule has 0 amide bonds. The summed E-state index contributed by atoms with van der Waals surface area (Å²) in [6.45, 7) is 6.15.